The average molecular weight is 347 g/mol. The number of nitrogens with one attached hydrogen (secondary N) is 2. The molecule has 0 atom stereocenters. The van der Waals surface area contributed by atoms with Crippen LogP contribution in [0.2, 0.25) is 10.0 Å². The Morgan fingerprint density at radius 2 is 1.83 bits per heavy atom. The molecule has 0 bridgehead atoms. The van der Waals surface area contributed by atoms with E-state index in [-0.39, 0.29) is 0 Å². The standard InChI is InChI=1S/C15H12Cl2N6/c16-11-5-3-6-12(17)14(11)22-15-21-13(9-20-23-15)19-8-10-4-1-2-7-18-10/h1-7,9H,8H2,(H2,19,21,22,23). The highest BCUT2D eigenvalue weighted by Crippen LogP contribution is 2.31. The molecule has 3 aromatic rings. The van der Waals surface area contributed by atoms with Crippen molar-refractivity contribution in [2.24, 2.45) is 0 Å². The van der Waals surface area contributed by atoms with Gasteiger partial charge < -0.3 is 10.6 Å². The molecule has 0 unspecified atom stereocenters. The second-order valence-electron chi connectivity index (χ2n) is 4.56. The van der Waals surface area contributed by atoms with Crippen LogP contribution in [0, 0.1) is 0 Å². The lowest BCUT2D eigenvalue weighted by molar-refractivity contribution is 0.955. The van der Waals surface area contributed by atoms with Crippen molar-refractivity contribution in [1.82, 2.24) is 20.2 Å². The molecule has 0 saturated heterocycles. The van der Waals surface area contributed by atoms with Crippen LogP contribution in [-0.4, -0.2) is 20.2 Å². The molecule has 0 amide bonds. The van der Waals surface area contributed by atoms with Gasteiger partial charge in [-0.05, 0) is 24.3 Å². The normalized spacial score (nSPS) is 10.3. The largest absolute Gasteiger partial charge is 0.363 e. The summed E-state index contributed by atoms with van der Waals surface area (Å²) in [6.07, 6.45) is 3.27. The van der Waals surface area contributed by atoms with Crippen LogP contribution in [-0.2, 0) is 6.54 Å². The molecule has 0 aliphatic heterocycles. The van der Waals surface area contributed by atoms with Gasteiger partial charge in [0.15, 0.2) is 5.82 Å². The highest BCUT2D eigenvalue weighted by Gasteiger charge is 2.08. The first-order valence-electron chi connectivity index (χ1n) is 6.77. The molecule has 0 spiro atoms. The summed E-state index contributed by atoms with van der Waals surface area (Å²) in [5.74, 6) is 0.863. The van der Waals surface area contributed by atoms with E-state index in [0.29, 0.717) is 34.0 Å². The maximum Gasteiger partial charge on any atom is 0.249 e. The summed E-state index contributed by atoms with van der Waals surface area (Å²) in [6.45, 7) is 0.534. The van der Waals surface area contributed by atoms with Crippen molar-refractivity contribution in [3.63, 3.8) is 0 Å². The Balaban J connectivity index is 1.72. The molecule has 116 valence electrons. The molecule has 0 saturated carbocycles. The number of aromatic nitrogens is 4. The van der Waals surface area contributed by atoms with Gasteiger partial charge in [-0.25, -0.2) is 0 Å². The zero-order valence-electron chi connectivity index (χ0n) is 11.9. The minimum atomic E-state index is 0.297. The molecule has 2 heterocycles. The van der Waals surface area contributed by atoms with Crippen LogP contribution in [0.4, 0.5) is 17.5 Å². The Hall–Kier alpha value is -2.44. The topological polar surface area (TPSA) is 75.6 Å². The SMILES string of the molecule is Clc1cccc(Cl)c1Nc1nncc(NCc2ccccn2)n1. The Kier molecular flexibility index (Phi) is 4.85. The Morgan fingerprint density at radius 1 is 1.00 bits per heavy atom. The molecule has 0 aliphatic rings. The highest BCUT2D eigenvalue weighted by molar-refractivity contribution is 6.39. The van der Waals surface area contributed by atoms with Gasteiger partial charge in [0.2, 0.25) is 5.95 Å². The maximum absolute atomic E-state index is 6.11. The molecule has 0 radical (unpaired) electrons. The van der Waals surface area contributed by atoms with E-state index in [1.165, 1.54) is 6.20 Å². The molecule has 8 heteroatoms. The second kappa shape index (κ2) is 7.21. The van der Waals surface area contributed by atoms with Crippen molar-refractivity contribution < 1.29 is 0 Å². The Morgan fingerprint density at radius 3 is 2.57 bits per heavy atom. The van der Waals surface area contributed by atoms with Crippen molar-refractivity contribution in [3.8, 4) is 0 Å². The molecular formula is C15H12Cl2N6. The van der Waals surface area contributed by atoms with E-state index in [0.717, 1.165) is 5.69 Å². The molecule has 0 fully saturated rings. The fraction of sp³-hybridized carbons (Fsp3) is 0.0667. The third kappa shape index (κ3) is 4.06. The molecule has 1 aromatic carbocycles. The molecule has 3 rings (SSSR count). The summed E-state index contributed by atoms with van der Waals surface area (Å²) in [6, 6.07) is 10.9. The lowest BCUT2D eigenvalue weighted by atomic mass is 10.3. The van der Waals surface area contributed by atoms with E-state index < -0.39 is 0 Å². The van der Waals surface area contributed by atoms with E-state index in [1.54, 1.807) is 24.4 Å². The summed E-state index contributed by atoms with van der Waals surface area (Å²) in [5.41, 5.74) is 1.44. The minimum Gasteiger partial charge on any atom is -0.363 e. The number of para-hydroxylation sites is 1. The number of pyridine rings is 1. The fourth-order valence-electron chi connectivity index (χ4n) is 1.85. The van der Waals surface area contributed by atoms with Crippen LogP contribution in [0.1, 0.15) is 5.69 Å². The predicted octanol–water partition coefficient (Wildman–Crippen LogP) is 3.93. The number of rotatable bonds is 5. The monoisotopic (exact) mass is 346 g/mol. The van der Waals surface area contributed by atoms with Gasteiger partial charge >= 0.3 is 0 Å². The summed E-state index contributed by atoms with van der Waals surface area (Å²) in [4.78, 5) is 8.55. The van der Waals surface area contributed by atoms with E-state index in [1.807, 2.05) is 18.2 Å². The Labute approximate surface area is 142 Å². The van der Waals surface area contributed by atoms with Gasteiger partial charge in [-0.1, -0.05) is 35.3 Å². The molecule has 2 aromatic heterocycles. The first-order chi connectivity index (χ1) is 11.2. The summed E-state index contributed by atoms with van der Waals surface area (Å²) in [7, 11) is 0. The first-order valence-corrected chi connectivity index (χ1v) is 7.52. The lowest BCUT2D eigenvalue weighted by Gasteiger charge is -2.09. The Bertz CT molecular complexity index is 777. The number of halogens is 2. The summed E-state index contributed by atoms with van der Waals surface area (Å²) < 4.78 is 0. The fourth-order valence-corrected chi connectivity index (χ4v) is 2.35. The first kappa shape index (κ1) is 15.5. The van der Waals surface area contributed by atoms with E-state index >= 15 is 0 Å². The van der Waals surface area contributed by atoms with Crippen molar-refractivity contribution in [3.05, 3.63) is 64.5 Å². The molecule has 2 N–H and O–H groups in total. The van der Waals surface area contributed by atoms with Crippen LogP contribution in [0.25, 0.3) is 0 Å². The zero-order chi connectivity index (χ0) is 16.1. The predicted molar refractivity (Wildman–Crippen MR) is 91.1 cm³/mol. The van der Waals surface area contributed by atoms with Gasteiger partial charge in [-0.15, -0.1) is 5.10 Å². The van der Waals surface area contributed by atoms with Crippen LogP contribution in [0.15, 0.2) is 48.8 Å². The van der Waals surface area contributed by atoms with Crippen LogP contribution >= 0.6 is 23.2 Å². The smallest absolute Gasteiger partial charge is 0.249 e. The van der Waals surface area contributed by atoms with Gasteiger partial charge in [-0.3, -0.25) is 4.98 Å². The number of nitrogens with zero attached hydrogens (tertiary/aromatic N) is 4. The van der Waals surface area contributed by atoms with Crippen LogP contribution < -0.4 is 10.6 Å². The van der Waals surface area contributed by atoms with E-state index in [9.17, 15) is 0 Å². The quantitative estimate of drug-likeness (QED) is 0.728. The van der Waals surface area contributed by atoms with Gasteiger partial charge in [0.25, 0.3) is 0 Å². The third-order valence-electron chi connectivity index (χ3n) is 2.94. The lowest BCUT2D eigenvalue weighted by Crippen LogP contribution is -2.06. The second-order valence-corrected chi connectivity index (χ2v) is 5.38. The minimum absolute atomic E-state index is 0.297. The van der Waals surface area contributed by atoms with Crippen molar-refractivity contribution in [2.45, 2.75) is 6.54 Å². The van der Waals surface area contributed by atoms with Crippen molar-refractivity contribution in [1.29, 1.82) is 0 Å². The number of anilines is 3. The third-order valence-corrected chi connectivity index (χ3v) is 3.57. The van der Waals surface area contributed by atoms with Gasteiger partial charge in [-0.2, -0.15) is 10.1 Å². The van der Waals surface area contributed by atoms with Crippen molar-refractivity contribution in [2.75, 3.05) is 10.6 Å². The summed E-state index contributed by atoms with van der Waals surface area (Å²) >= 11 is 12.2. The average Bonchev–Trinajstić information content (AvgIpc) is 2.58. The van der Waals surface area contributed by atoms with Gasteiger partial charge in [0.1, 0.15) is 0 Å². The van der Waals surface area contributed by atoms with Gasteiger partial charge in [0.05, 0.1) is 34.2 Å². The van der Waals surface area contributed by atoms with E-state index in [2.05, 4.69) is 30.8 Å². The molecule has 23 heavy (non-hydrogen) atoms. The van der Waals surface area contributed by atoms with Crippen molar-refractivity contribution >= 4 is 40.7 Å². The summed E-state index contributed by atoms with van der Waals surface area (Å²) in [5, 5.41) is 14.9. The zero-order valence-corrected chi connectivity index (χ0v) is 13.4. The molecule has 6 nitrogen and oxygen atoms in total. The molecule has 0 aliphatic carbocycles. The molecular weight excluding hydrogens is 335 g/mol. The van der Waals surface area contributed by atoms with Crippen LogP contribution in [0.5, 0.6) is 0 Å². The number of benzene rings is 1. The highest BCUT2D eigenvalue weighted by atomic mass is 35.5. The van der Waals surface area contributed by atoms with Gasteiger partial charge in [0, 0.05) is 6.20 Å². The van der Waals surface area contributed by atoms with E-state index in [4.69, 9.17) is 23.2 Å². The number of hydrogen-bond acceptors (Lipinski definition) is 6. The number of hydrogen-bond donors (Lipinski definition) is 2. The maximum atomic E-state index is 6.11. The van der Waals surface area contributed by atoms with Crippen LogP contribution in [0.3, 0.4) is 0 Å².